The predicted molar refractivity (Wildman–Crippen MR) is 176 cm³/mol. The third kappa shape index (κ3) is 34.7. The topological polar surface area (TPSA) is 93.1 Å². The molecule has 0 amide bonds. The Morgan fingerprint density at radius 2 is 1.28 bits per heavy atom. The van der Waals surface area contributed by atoms with Crippen molar-refractivity contribution in [3.8, 4) is 70.9 Å². The number of esters is 1. The Labute approximate surface area is 253 Å². The lowest BCUT2D eigenvalue weighted by Crippen LogP contribution is -2.27. The first-order valence-corrected chi connectivity index (χ1v) is 13.9. The molecule has 0 aromatic rings. The fraction of sp³-hybridized carbons (Fsp3) is 0.562. The molecule has 0 spiro atoms. The van der Waals surface area contributed by atoms with Crippen molar-refractivity contribution in [3.63, 3.8) is 0 Å². The molecule has 0 aliphatic rings. The maximum absolute atomic E-state index is 11.6. The van der Waals surface area contributed by atoms with Gasteiger partial charge in [0.15, 0.2) is 5.12 Å². The van der Waals surface area contributed by atoms with Crippen LogP contribution in [0.25, 0.3) is 0 Å². The minimum absolute atomic E-state index is 0. The molecular formula is C32H58O6S. The van der Waals surface area contributed by atoms with E-state index in [1.54, 1.807) is 0 Å². The summed E-state index contributed by atoms with van der Waals surface area (Å²) in [5.74, 6) is 23.6. The number of hydrogen-bond acceptors (Lipinski definition) is 7. The van der Waals surface area contributed by atoms with Gasteiger partial charge in [0.25, 0.3) is 0 Å². The smallest absolute Gasteiger partial charge is 0.306 e. The Balaban J connectivity index is -0.0000000554. The van der Waals surface area contributed by atoms with Crippen molar-refractivity contribution in [2.75, 3.05) is 20.0 Å². The average molecular weight is 571 g/mol. The molecule has 1 atom stereocenters. The van der Waals surface area contributed by atoms with E-state index < -0.39 is 12.9 Å². The first kappa shape index (κ1) is 37.9. The minimum Gasteiger partial charge on any atom is -0.457 e. The highest BCUT2D eigenvalue weighted by atomic mass is 32.2. The molecule has 2 N–H and O–H groups in total. The summed E-state index contributed by atoms with van der Waals surface area (Å²) < 4.78 is 9.79. The Morgan fingerprint density at radius 3 is 1.74 bits per heavy atom. The molecule has 0 aliphatic heterocycles. The van der Waals surface area contributed by atoms with Crippen LogP contribution in [0.1, 0.15) is 104 Å². The third-order valence-corrected chi connectivity index (χ3v) is 5.19. The number of terminal acetylenes is 1. The summed E-state index contributed by atoms with van der Waals surface area (Å²) in [5.41, 5.74) is 0. The molecule has 0 aliphatic carbocycles. The van der Waals surface area contributed by atoms with E-state index in [0.29, 0.717) is 6.42 Å². The highest BCUT2D eigenvalue weighted by Gasteiger charge is 2.13. The molecule has 0 fully saturated rings. The van der Waals surface area contributed by atoms with Crippen LogP contribution in [-0.4, -0.2) is 47.4 Å². The summed E-state index contributed by atoms with van der Waals surface area (Å²) in [5, 5.41) is 20.0. The van der Waals surface area contributed by atoms with Crippen LogP contribution < -0.4 is 0 Å². The van der Waals surface area contributed by atoms with Crippen molar-refractivity contribution in [2.24, 2.45) is 0 Å². The molecule has 0 saturated carbocycles. The van der Waals surface area contributed by atoms with Gasteiger partial charge in [-0.2, -0.15) is 0 Å². The highest BCUT2D eigenvalue weighted by Crippen LogP contribution is 2.12. The zero-order valence-electron chi connectivity index (χ0n) is 23.2. The molecular weight excluding hydrogens is 512 g/mol. The van der Waals surface area contributed by atoms with Crippen LogP contribution in [0.15, 0.2) is 0 Å². The monoisotopic (exact) mass is 570 g/mol. The number of ether oxygens (including phenoxy) is 2. The second-order valence-corrected chi connectivity index (χ2v) is 9.03. The van der Waals surface area contributed by atoms with E-state index in [0.717, 1.165) is 24.6 Å². The van der Waals surface area contributed by atoms with Gasteiger partial charge in [-0.3, -0.25) is 9.59 Å². The van der Waals surface area contributed by atoms with E-state index in [2.05, 4.69) is 71.4 Å². The Morgan fingerprint density at radius 1 is 0.795 bits per heavy atom. The standard InChI is InChI=1S/C18H36O5.C14H4OS.9H2/c1-2-3-4-5-6-7-8-9-10-11-12-13-18(21)23-17(14-19)15-22-16-20;1-3-4-5-6-7-8-9-10-11-12-13-16-14(2)15;;;;;;;;;/h17,19-20H,2-16H2,1H3;1H,2H3;9*1H/t17-;;;;;;;;;;/m1........../s1. The van der Waals surface area contributed by atoms with Crippen LogP contribution in [0.4, 0.5) is 0 Å². The van der Waals surface area contributed by atoms with Gasteiger partial charge in [0.2, 0.25) is 0 Å². The van der Waals surface area contributed by atoms with Gasteiger partial charge < -0.3 is 19.7 Å². The van der Waals surface area contributed by atoms with Crippen LogP contribution in [-0.2, 0) is 19.1 Å². The third-order valence-electron chi connectivity index (χ3n) is 4.70. The zero-order chi connectivity index (χ0) is 29.2. The number of hydrogen-bond donors (Lipinski definition) is 2. The number of aliphatic hydroxyl groups excluding tert-OH is 2. The van der Waals surface area contributed by atoms with Gasteiger partial charge in [-0.1, -0.05) is 71.1 Å². The van der Waals surface area contributed by atoms with E-state index >= 15 is 0 Å². The van der Waals surface area contributed by atoms with Gasteiger partial charge in [-0.05, 0) is 70.9 Å². The maximum Gasteiger partial charge on any atom is 0.306 e. The lowest BCUT2D eigenvalue weighted by Gasteiger charge is -2.14. The summed E-state index contributed by atoms with van der Waals surface area (Å²) >= 11 is 0.893. The van der Waals surface area contributed by atoms with E-state index in [9.17, 15) is 9.59 Å². The Bertz CT molecular complexity index is 1050. The normalized spacial score (nSPS) is 9.31. The first-order valence-electron chi connectivity index (χ1n) is 13.1. The van der Waals surface area contributed by atoms with Crippen molar-refractivity contribution in [2.45, 2.75) is 97.0 Å². The van der Waals surface area contributed by atoms with E-state index in [1.807, 2.05) is 0 Å². The predicted octanol–water partition coefficient (Wildman–Crippen LogP) is 6.65. The quantitative estimate of drug-likeness (QED) is 0.0876. The van der Waals surface area contributed by atoms with Crippen LogP contribution >= 0.6 is 11.8 Å². The zero-order valence-corrected chi connectivity index (χ0v) is 24.0. The number of carbonyl (C=O) groups is 2. The lowest BCUT2D eigenvalue weighted by molar-refractivity contribution is -0.157. The summed E-state index contributed by atoms with van der Waals surface area (Å²) in [7, 11) is 0. The molecule has 0 unspecified atom stereocenters. The fourth-order valence-electron chi connectivity index (χ4n) is 2.86. The molecule has 0 saturated heterocycles. The van der Waals surface area contributed by atoms with Crippen molar-refractivity contribution in [3.05, 3.63) is 0 Å². The second-order valence-electron chi connectivity index (χ2n) is 8.04. The van der Waals surface area contributed by atoms with Gasteiger partial charge >= 0.3 is 5.97 Å². The van der Waals surface area contributed by atoms with Gasteiger partial charge in [0.1, 0.15) is 12.9 Å². The number of thioether (sulfide) groups is 1. The van der Waals surface area contributed by atoms with Crippen LogP contribution in [0.5, 0.6) is 0 Å². The van der Waals surface area contributed by atoms with Gasteiger partial charge in [0.05, 0.1) is 13.2 Å². The van der Waals surface area contributed by atoms with E-state index in [-0.39, 0.29) is 37.1 Å². The molecule has 0 heterocycles. The average Bonchev–Trinajstić information content (AvgIpc) is 2.92. The fourth-order valence-corrected chi connectivity index (χ4v) is 3.11. The molecule has 0 radical (unpaired) electrons. The van der Waals surface area contributed by atoms with E-state index in [1.165, 1.54) is 64.7 Å². The van der Waals surface area contributed by atoms with Crippen molar-refractivity contribution >= 4 is 22.8 Å². The minimum atomic E-state index is -0.678. The SMILES string of the molecule is C#CC#CC#CC#CC#CC#CSC(C)=O.CCCCCCCCCCCCCC(=O)O[C@H](CO)COCO.[HH].[HH].[HH].[HH].[HH].[HH].[HH].[HH].[HH]. The summed E-state index contributed by atoms with van der Waals surface area (Å²) in [4.78, 5) is 22.0. The molecule has 6 nitrogen and oxygen atoms in total. The summed E-state index contributed by atoms with van der Waals surface area (Å²) in [6.07, 6.45) is 18.2. The largest absolute Gasteiger partial charge is 0.457 e. The molecule has 39 heavy (non-hydrogen) atoms. The maximum atomic E-state index is 11.6. The van der Waals surface area contributed by atoms with E-state index in [4.69, 9.17) is 26.1 Å². The van der Waals surface area contributed by atoms with Crippen LogP contribution in [0.3, 0.4) is 0 Å². The van der Waals surface area contributed by atoms with Crippen molar-refractivity contribution in [1.29, 1.82) is 0 Å². The number of carbonyl (C=O) groups excluding carboxylic acids is 2. The number of aliphatic hydroxyl groups is 2. The molecule has 0 rings (SSSR count). The number of rotatable bonds is 17. The van der Waals surface area contributed by atoms with Crippen molar-refractivity contribution in [1.82, 2.24) is 0 Å². The lowest BCUT2D eigenvalue weighted by atomic mass is 10.1. The van der Waals surface area contributed by atoms with Crippen LogP contribution in [0.2, 0.25) is 0 Å². The van der Waals surface area contributed by atoms with Gasteiger partial charge in [-0.25, -0.2) is 0 Å². The molecule has 7 heteroatoms. The summed E-state index contributed by atoms with van der Waals surface area (Å²) in [6, 6.07) is 0. The molecule has 228 valence electrons. The van der Waals surface area contributed by atoms with Gasteiger partial charge in [-0.15, -0.1) is 6.42 Å². The number of unbranched alkanes of at least 4 members (excludes halogenated alkanes) is 10. The highest BCUT2D eigenvalue weighted by molar-refractivity contribution is 8.17. The first-order chi connectivity index (χ1) is 19.0. The summed E-state index contributed by atoms with van der Waals surface area (Å²) in [6.45, 7) is 2.97. The Kier molecular flexibility index (Phi) is 31.8. The molecule has 0 bridgehead atoms. The van der Waals surface area contributed by atoms with Crippen LogP contribution in [0, 0.1) is 70.9 Å². The second kappa shape index (κ2) is 32.8. The molecule has 0 aromatic heterocycles. The van der Waals surface area contributed by atoms with Gasteiger partial charge in [0, 0.05) is 37.9 Å². The Hall–Kier alpha value is -3.27. The van der Waals surface area contributed by atoms with Crippen molar-refractivity contribution < 1.29 is 42.1 Å². The molecule has 0 aromatic carbocycles.